The molecule has 1 atom stereocenters. The van der Waals surface area contributed by atoms with Gasteiger partial charge in [-0.1, -0.05) is 30.3 Å². The normalized spacial score (nSPS) is 20.8. The summed E-state index contributed by atoms with van der Waals surface area (Å²) >= 11 is 0. The Morgan fingerprint density at radius 1 is 1.18 bits per heavy atom. The van der Waals surface area contributed by atoms with Crippen LogP contribution in [-0.4, -0.2) is 16.6 Å². The summed E-state index contributed by atoms with van der Waals surface area (Å²) in [7, 11) is 0. The van der Waals surface area contributed by atoms with E-state index in [0.29, 0.717) is 5.96 Å². The Bertz CT molecular complexity index is 484. The fourth-order valence-electron chi connectivity index (χ4n) is 1.72. The van der Waals surface area contributed by atoms with E-state index in [1.165, 1.54) is 0 Å². The molecule has 0 amide bonds. The lowest BCUT2D eigenvalue weighted by Crippen LogP contribution is -2.86. The van der Waals surface area contributed by atoms with Crippen molar-refractivity contribution in [2.45, 2.75) is 6.04 Å². The highest BCUT2D eigenvalue weighted by Crippen LogP contribution is 2.19. The lowest BCUT2D eigenvalue weighted by Gasteiger charge is -2.10. The van der Waals surface area contributed by atoms with Gasteiger partial charge >= 0.3 is 11.9 Å². The van der Waals surface area contributed by atoms with Crippen molar-refractivity contribution in [3.63, 3.8) is 0 Å². The Morgan fingerprint density at radius 3 is 2.53 bits per heavy atom. The molecule has 0 radical (unpaired) electrons. The average Bonchev–Trinajstić information content (AvgIpc) is 2.78. The van der Waals surface area contributed by atoms with Gasteiger partial charge in [-0.15, -0.1) is 4.68 Å². The van der Waals surface area contributed by atoms with E-state index >= 15 is 0 Å². The van der Waals surface area contributed by atoms with Crippen molar-refractivity contribution in [1.82, 2.24) is 5.43 Å². The lowest BCUT2D eigenvalue weighted by molar-refractivity contribution is -0.633. The van der Waals surface area contributed by atoms with Gasteiger partial charge in [-0.3, -0.25) is 17.2 Å². The fraction of sp³-hybridized carbons (Fsp3) is 0.0909. The maximum absolute atomic E-state index is 5.86. The molecule has 8 N–H and O–H groups in total. The van der Waals surface area contributed by atoms with Gasteiger partial charge in [-0.2, -0.15) is 4.99 Å². The minimum atomic E-state index is 0.0167. The Labute approximate surface area is 99.1 Å². The number of hydrazine groups is 1. The van der Waals surface area contributed by atoms with Crippen LogP contribution >= 0.6 is 0 Å². The number of nitrogens with zero attached hydrogens (tertiary/aromatic N) is 1. The van der Waals surface area contributed by atoms with Gasteiger partial charge in [-0.05, 0) is 11.6 Å². The van der Waals surface area contributed by atoms with Crippen LogP contribution in [0.15, 0.2) is 42.6 Å². The molecule has 88 valence electrons. The van der Waals surface area contributed by atoms with Crippen molar-refractivity contribution >= 4 is 11.9 Å². The second kappa shape index (κ2) is 4.56. The summed E-state index contributed by atoms with van der Waals surface area (Å²) in [6.07, 6.45) is 3.81. The maximum atomic E-state index is 5.86. The van der Waals surface area contributed by atoms with Gasteiger partial charge in [0, 0.05) is 6.20 Å². The molecule has 17 heavy (non-hydrogen) atoms. The van der Waals surface area contributed by atoms with E-state index in [9.17, 15) is 0 Å². The van der Waals surface area contributed by atoms with Gasteiger partial charge in [0.05, 0.1) is 0 Å². The third-order valence-corrected chi connectivity index (χ3v) is 2.44. The van der Waals surface area contributed by atoms with Crippen LogP contribution in [0.1, 0.15) is 11.6 Å². The molecular formula is C11H16N6+2. The van der Waals surface area contributed by atoms with Crippen LogP contribution in [0.25, 0.3) is 0 Å². The van der Waals surface area contributed by atoms with Gasteiger partial charge in [-0.25, -0.2) is 5.43 Å². The second-order valence-electron chi connectivity index (χ2n) is 3.68. The number of rotatable bonds is 1. The number of hydrazone groups is 1. The van der Waals surface area contributed by atoms with E-state index in [1.54, 1.807) is 4.68 Å². The Hall–Kier alpha value is -2.50. The van der Waals surface area contributed by atoms with Crippen LogP contribution in [0.3, 0.4) is 0 Å². The van der Waals surface area contributed by atoms with Gasteiger partial charge in [0.1, 0.15) is 0 Å². The Balaban J connectivity index is 2.35. The van der Waals surface area contributed by atoms with Crippen molar-refractivity contribution in [1.29, 1.82) is 0 Å². The van der Waals surface area contributed by atoms with E-state index in [-0.39, 0.29) is 12.0 Å². The molecule has 1 heterocycles. The average molecular weight is 232 g/mol. The third-order valence-electron chi connectivity index (χ3n) is 2.44. The van der Waals surface area contributed by atoms with E-state index in [2.05, 4.69) is 10.4 Å². The molecule has 6 heteroatoms. The number of guanidine groups is 2. The first kappa shape index (κ1) is 11.0. The molecule has 2 rings (SSSR count). The summed E-state index contributed by atoms with van der Waals surface area (Å²) in [5, 5.41) is 0. The standard InChI is InChI=1S/C11H14N6/c12-10(13)16-11(14)17-9(6-7-15-17)8-4-2-1-3-5-8/h1-7,9,15H,(H5,12,13,14,16)/p+2. The van der Waals surface area contributed by atoms with Crippen LogP contribution in [0.5, 0.6) is 0 Å². The molecule has 1 aromatic carbocycles. The van der Waals surface area contributed by atoms with Crippen LogP contribution in [0, 0.1) is 0 Å². The molecule has 1 unspecified atom stereocenters. The lowest BCUT2D eigenvalue weighted by atomic mass is 10.1. The van der Waals surface area contributed by atoms with Crippen LogP contribution in [-0.2, 0) is 0 Å². The van der Waals surface area contributed by atoms with Crippen LogP contribution < -0.4 is 27.6 Å². The molecule has 0 bridgehead atoms. The summed E-state index contributed by atoms with van der Waals surface area (Å²) in [6, 6.07) is 9.99. The zero-order valence-electron chi connectivity index (χ0n) is 9.30. The minimum Gasteiger partial charge on any atom is -0.275 e. The highest BCUT2D eigenvalue weighted by Gasteiger charge is 2.23. The molecule has 1 aliphatic heterocycles. The first-order valence-electron chi connectivity index (χ1n) is 5.23. The summed E-state index contributed by atoms with van der Waals surface area (Å²) in [4.78, 5) is 2.67. The van der Waals surface area contributed by atoms with Crippen LogP contribution in [0.4, 0.5) is 0 Å². The molecule has 1 aliphatic rings. The number of benzene rings is 1. The molecule has 0 saturated heterocycles. The van der Waals surface area contributed by atoms with Gasteiger partial charge in [0.15, 0.2) is 6.04 Å². The monoisotopic (exact) mass is 232 g/mol. The van der Waals surface area contributed by atoms with Crippen molar-refractivity contribution in [3.8, 4) is 0 Å². The molecule has 0 saturated carbocycles. The van der Waals surface area contributed by atoms with Crippen molar-refractivity contribution < 1.29 is 9.68 Å². The largest absolute Gasteiger partial charge is 0.411 e. The number of hydrogen-bond donors (Lipinski definition) is 5. The number of nitrogens with one attached hydrogen (secondary N) is 2. The van der Waals surface area contributed by atoms with Gasteiger partial charge < -0.3 is 0 Å². The van der Waals surface area contributed by atoms with Gasteiger partial charge in [0.2, 0.25) is 0 Å². The summed E-state index contributed by atoms with van der Waals surface area (Å²) in [6.45, 7) is 0. The topological polar surface area (TPSA) is 107 Å². The van der Waals surface area contributed by atoms with Crippen molar-refractivity contribution in [3.05, 3.63) is 48.2 Å². The smallest absolute Gasteiger partial charge is 0.275 e. The molecule has 6 nitrogen and oxygen atoms in total. The molecular weight excluding hydrogens is 216 g/mol. The summed E-state index contributed by atoms with van der Waals surface area (Å²) in [5.41, 5.74) is 20.7. The predicted molar refractivity (Wildman–Crippen MR) is 65.3 cm³/mol. The third kappa shape index (κ3) is 2.36. The zero-order chi connectivity index (χ0) is 12.3. The summed E-state index contributed by atoms with van der Waals surface area (Å²) < 4.78 is 1.75. The molecule has 0 fully saturated rings. The van der Waals surface area contributed by atoms with E-state index in [4.69, 9.17) is 17.2 Å². The molecule has 0 aliphatic carbocycles. The Morgan fingerprint density at radius 2 is 1.88 bits per heavy atom. The fourth-order valence-corrected chi connectivity index (χ4v) is 1.72. The quantitative estimate of drug-likeness (QED) is 0.208. The zero-order valence-corrected chi connectivity index (χ0v) is 9.30. The molecule has 0 spiro atoms. The SMILES string of the molecule is NC(N)=[NH+]C(N)=[N+]1NC=CC1c1ccccc1. The molecule has 0 aromatic heterocycles. The highest BCUT2D eigenvalue weighted by atomic mass is 15.5. The summed E-state index contributed by atoms with van der Waals surface area (Å²) in [5.74, 6) is 0.409. The van der Waals surface area contributed by atoms with Crippen molar-refractivity contribution in [2.24, 2.45) is 17.2 Å². The number of hydrogen-bond acceptors (Lipinski definition) is 1. The van der Waals surface area contributed by atoms with Crippen molar-refractivity contribution in [2.75, 3.05) is 0 Å². The second-order valence-corrected chi connectivity index (χ2v) is 3.68. The highest BCUT2D eigenvalue weighted by molar-refractivity contribution is 5.76. The predicted octanol–water partition coefficient (Wildman–Crippen LogP) is -2.56. The molecule has 1 aromatic rings. The van der Waals surface area contributed by atoms with E-state index in [1.807, 2.05) is 42.6 Å². The van der Waals surface area contributed by atoms with Gasteiger partial charge in [0.25, 0.3) is 0 Å². The minimum absolute atomic E-state index is 0.0167. The maximum Gasteiger partial charge on any atom is 0.411 e. The van der Waals surface area contributed by atoms with E-state index < -0.39 is 0 Å². The van der Waals surface area contributed by atoms with E-state index in [0.717, 1.165) is 5.56 Å². The first-order chi connectivity index (χ1) is 8.18. The Kier molecular flexibility index (Phi) is 2.95. The first-order valence-corrected chi connectivity index (χ1v) is 5.23. The number of nitrogens with two attached hydrogens (primary N) is 3. The van der Waals surface area contributed by atoms with Crippen LogP contribution in [0.2, 0.25) is 0 Å².